The molecule has 0 aliphatic carbocycles. The van der Waals surface area contributed by atoms with Crippen LogP contribution in [0.15, 0.2) is 54.6 Å². The van der Waals surface area contributed by atoms with Crippen molar-refractivity contribution in [2.24, 2.45) is 0 Å². The van der Waals surface area contributed by atoms with Crippen LogP contribution in [0.25, 0.3) is 0 Å². The van der Waals surface area contributed by atoms with Gasteiger partial charge in [0, 0.05) is 30.9 Å². The Morgan fingerprint density at radius 2 is 1.04 bits per heavy atom. The molecule has 0 bridgehead atoms. The van der Waals surface area contributed by atoms with Crippen LogP contribution >= 0.6 is 0 Å². The minimum absolute atomic E-state index is 0.932. The van der Waals surface area contributed by atoms with E-state index in [9.17, 15) is 0 Å². The van der Waals surface area contributed by atoms with Gasteiger partial charge >= 0.3 is 0 Å². The van der Waals surface area contributed by atoms with Gasteiger partial charge in [-0.05, 0) is 71.9 Å². The lowest BCUT2D eigenvalue weighted by atomic mass is 10.2. The molecule has 0 spiro atoms. The first kappa shape index (κ1) is 15.9. The van der Waals surface area contributed by atoms with Crippen molar-refractivity contribution >= 4 is 5.69 Å². The highest BCUT2D eigenvalue weighted by Gasteiger charge is 1.92. The second-order valence-corrected chi connectivity index (χ2v) is 4.81. The van der Waals surface area contributed by atoms with Crippen molar-refractivity contribution in [1.82, 2.24) is 0 Å². The monoisotopic (exact) mass is 293 g/mol. The van der Waals surface area contributed by atoms with E-state index in [0.29, 0.717) is 0 Å². The van der Waals surface area contributed by atoms with Crippen LogP contribution in [0.2, 0.25) is 0 Å². The Morgan fingerprint density at radius 3 is 1.57 bits per heavy atom. The topological polar surface area (TPSA) is 3.24 Å². The standard InChI is InChI=1S/C22H15N/c1-23(2)22-18-16-21(17-19-22)15-9-6-4-3-5-8-12-20-13-10-7-11-14-20/h7,10-11,13-14,16-19H,1-2H3. The summed E-state index contributed by atoms with van der Waals surface area (Å²) in [5, 5.41) is 0. The lowest BCUT2D eigenvalue weighted by Gasteiger charge is -2.11. The Bertz CT molecular complexity index is 889. The molecule has 0 heterocycles. The van der Waals surface area contributed by atoms with Crippen molar-refractivity contribution in [3.63, 3.8) is 0 Å². The van der Waals surface area contributed by atoms with E-state index in [2.05, 4.69) is 47.4 Å². The van der Waals surface area contributed by atoms with Crippen molar-refractivity contribution in [2.75, 3.05) is 19.0 Å². The highest BCUT2D eigenvalue weighted by atomic mass is 15.1. The Morgan fingerprint density at radius 1 is 0.565 bits per heavy atom. The van der Waals surface area contributed by atoms with Crippen LogP contribution in [0.5, 0.6) is 0 Å². The van der Waals surface area contributed by atoms with Gasteiger partial charge in [0.2, 0.25) is 0 Å². The van der Waals surface area contributed by atoms with Gasteiger partial charge in [-0.3, -0.25) is 0 Å². The van der Waals surface area contributed by atoms with Gasteiger partial charge in [0.1, 0.15) is 0 Å². The second-order valence-electron chi connectivity index (χ2n) is 4.81. The molecule has 0 unspecified atom stereocenters. The van der Waals surface area contributed by atoms with Gasteiger partial charge in [-0.15, -0.1) is 0 Å². The van der Waals surface area contributed by atoms with E-state index >= 15 is 0 Å². The molecule has 0 aromatic heterocycles. The van der Waals surface area contributed by atoms with E-state index in [1.54, 1.807) is 0 Å². The molecule has 2 aromatic carbocycles. The van der Waals surface area contributed by atoms with Crippen molar-refractivity contribution in [3.8, 4) is 47.4 Å². The predicted octanol–water partition coefficient (Wildman–Crippen LogP) is 3.16. The Kier molecular flexibility index (Phi) is 6.00. The summed E-state index contributed by atoms with van der Waals surface area (Å²) in [5.41, 5.74) is 3.02. The molecule has 23 heavy (non-hydrogen) atoms. The molecule has 0 aliphatic heterocycles. The lowest BCUT2D eigenvalue weighted by molar-refractivity contribution is 1.13. The van der Waals surface area contributed by atoms with E-state index < -0.39 is 0 Å². The quantitative estimate of drug-likeness (QED) is 0.730. The zero-order valence-electron chi connectivity index (χ0n) is 13.1. The molecule has 0 saturated heterocycles. The SMILES string of the molecule is CN(C)c1ccc(C#CC#CC#CC#Cc2ccccc2)cc1. The zero-order valence-corrected chi connectivity index (χ0v) is 13.1. The molecule has 0 radical (unpaired) electrons. The molecule has 1 nitrogen and oxygen atoms in total. The summed E-state index contributed by atoms with van der Waals surface area (Å²) in [7, 11) is 4.01. The Labute approximate surface area is 138 Å². The van der Waals surface area contributed by atoms with Crippen LogP contribution in [0.4, 0.5) is 5.69 Å². The first-order valence-corrected chi connectivity index (χ1v) is 7.10. The van der Waals surface area contributed by atoms with Crippen LogP contribution in [0, 0.1) is 47.4 Å². The third-order valence-corrected chi connectivity index (χ3v) is 2.88. The van der Waals surface area contributed by atoms with Crippen molar-refractivity contribution in [1.29, 1.82) is 0 Å². The fourth-order valence-electron chi connectivity index (χ4n) is 1.70. The smallest absolute Gasteiger partial charge is 0.0361 e. The predicted molar refractivity (Wildman–Crippen MR) is 96.5 cm³/mol. The summed E-state index contributed by atoms with van der Waals surface area (Å²) in [4.78, 5) is 2.04. The molecule has 2 rings (SSSR count). The van der Waals surface area contributed by atoms with Crippen LogP contribution in [-0.2, 0) is 0 Å². The molecule has 2 aromatic rings. The number of hydrogen-bond donors (Lipinski definition) is 0. The molecule has 1 heteroatoms. The Balaban J connectivity index is 1.92. The third-order valence-electron chi connectivity index (χ3n) is 2.88. The van der Waals surface area contributed by atoms with E-state index in [1.165, 1.54) is 0 Å². The second kappa shape index (κ2) is 8.70. The van der Waals surface area contributed by atoms with Gasteiger partial charge in [0.15, 0.2) is 0 Å². The number of rotatable bonds is 1. The third kappa shape index (κ3) is 5.78. The van der Waals surface area contributed by atoms with Crippen LogP contribution < -0.4 is 4.90 Å². The minimum Gasteiger partial charge on any atom is -0.378 e. The molecule has 0 atom stereocenters. The van der Waals surface area contributed by atoms with E-state index in [1.807, 2.05) is 73.6 Å². The summed E-state index contributed by atoms with van der Waals surface area (Å²) in [6.45, 7) is 0. The van der Waals surface area contributed by atoms with Crippen LogP contribution in [0.3, 0.4) is 0 Å². The average Bonchev–Trinajstić information content (AvgIpc) is 2.58. The van der Waals surface area contributed by atoms with E-state index in [0.717, 1.165) is 16.8 Å². The fourth-order valence-corrected chi connectivity index (χ4v) is 1.70. The maximum Gasteiger partial charge on any atom is 0.0361 e. The van der Waals surface area contributed by atoms with Gasteiger partial charge in [0.05, 0.1) is 0 Å². The van der Waals surface area contributed by atoms with Gasteiger partial charge in [-0.2, -0.15) is 0 Å². The van der Waals surface area contributed by atoms with Gasteiger partial charge < -0.3 is 4.90 Å². The maximum atomic E-state index is 2.98. The van der Waals surface area contributed by atoms with Gasteiger partial charge in [-0.1, -0.05) is 30.0 Å². The maximum absolute atomic E-state index is 2.98. The van der Waals surface area contributed by atoms with Gasteiger partial charge in [-0.25, -0.2) is 0 Å². The largest absolute Gasteiger partial charge is 0.378 e. The molecule has 108 valence electrons. The number of nitrogens with zero attached hydrogens (tertiary/aromatic N) is 1. The first-order valence-electron chi connectivity index (χ1n) is 7.10. The van der Waals surface area contributed by atoms with E-state index in [-0.39, 0.29) is 0 Å². The van der Waals surface area contributed by atoms with E-state index in [4.69, 9.17) is 0 Å². The fraction of sp³-hybridized carbons (Fsp3) is 0.0909. The summed E-state index contributed by atoms with van der Waals surface area (Å²) < 4.78 is 0. The molecule has 0 saturated carbocycles. The molecular formula is C22H15N. The average molecular weight is 293 g/mol. The van der Waals surface area contributed by atoms with Crippen LogP contribution in [-0.4, -0.2) is 14.1 Å². The summed E-state index contributed by atoms with van der Waals surface area (Å²) in [6.07, 6.45) is 0. The Hall–Kier alpha value is -3.52. The minimum atomic E-state index is 0.932. The highest BCUT2D eigenvalue weighted by Crippen LogP contribution is 2.11. The number of benzene rings is 2. The summed E-state index contributed by atoms with van der Waals surface area (Å²) in [5.74, 6) is 22.2. The van der Waals surface area contributed by atoms with Crippen molar-refractivity contribution < 1.29 is 0 Å². The molecule has 0 fully saturated rings. The molecular weight excluding hydrogens is 278 g/mol. The number of hydrogen-bond acceptors (Lipinski definition) is 1. The van der Waals surface area contributed by atoms with Crippen LogP contribution in [0.1, 0.15) is 11.1 Å². The summed E-state index contributed by atoms with van der Waals surface area (Å²) >= 11 is 0. The van der Waals surface area contributed by atoms with Crippen molar-refractivity contribution in [2.45, 2.75) is 0 Å². The van der Waals surface area contributed by atoms with Crippen molar-refractivity contribution in [3.05, 3.63) is 65.7 Å². The lowest BCUT2D eigenvalue weighted by Crippen LogP contribution is -2.07. The molecule has 0 amide bonds. The molecule has 0 N–H and O–H groups in total. The first-order chi connectivity index (χ1) is 11.3. The number of anilines is 1. The van der Waals surface area contributed by atoms with Gasteiger partial charge in [0.25, 0.3) is 0 Å². The highest BCUT2D eigenvalue weighted by molar-refractivity contribution is 5.51. The normalized spacial score (nSPS) is 7.91. The summed E-state index contributed by atoms with van der Waals surface area (Å²) in [6, 6.07) is 17.7. The zero-order chi connectivity index (χ0) is 16.3. The molecule has 0 aliphatic rings.